The molecule has 0 aromatic heterocycles. The molecule has 6 N–H and O–H groups in total. The van der Waals surface area contributed by atoms with Crippen LogP contribution < -0.4 is 5.32 Å². The second-order valence-corrected chi connectivity index (χ2v) is 22.2. The molecule has 0 aromatic rings. The minimum Gasteiger partial charge on any atom is -0.394 e. The molecule has 9 nitrogen and oxygen atoms in total. The molecule has 7 unspecified atom stereocenters. The molecule has 0 aliphatic carbocycles. The van der Waals surface area contributed by atoms with Crippen LogP contribution in [0.2, 0.25) is 0 Å². The predicted molar refractivity (Wildman–Crippen MR) is 318 cm³/mol. The molecule has 438 valence electrons. The first kappa shape index (κ1) is 70.9. The van der Waals surface area contributed by atoms with Crippen molar-refractivity contribution in [3.05, 3.63) is 60.8 Å². The molecule has 1 aliphatic rings. The standard InChI is InChI=1S/C66H121NO8/c1-3-5-7-9-11-13-15-17-19-21-23-25-27-28-29-30-31-32-34-36-38-40-42-44-46-48-50-52-54-56-62(70)67-59(58-74-66-65(73)64(72)63(71)61(57-68)75-66)60(69)55-53-51-49-47-45-43-41-39-37-35-33-26-24-22-20-18-16-14-12-10-8-6-4-2/h23,25,28-29,37,39,45,47,53,55,59-61,63-66,68-69,71-73H,3-22,24,26-27,30-36,38,40-44,46,48-52,54,56-58H2,1-2H3,(H,67,70)/b25-23-,29-28-,39-37+,47-45+,55-53+. The Hall–Kier alpha value is -2.11. The molecule has 1 fully saturated rings. The normalized spacial score (nSPS) is 19.3. The van der Waals surface area contributed by atoms with E-state index < -0.39 is 49.5 Å². The van der Waals surface area contributed by atoms with E-state index in [0.717, 1.165) is 51.4 Å². The highest BCUT2D eigenvalue weighted by atomic mass is 16.7. The fourth-order valence-electron chi connectivity index (χ4n) is 9.99. The van der Waals surface area contributed by atoms with Gasteiger partial charge in [0.15, 0.2) is 6.29 Å². The molecule has 1 rings (SSSR count). The predicted octanol–water partition coefficient (Wildman–Crippen LogP) is 16.6. The van der Waals surface area contributed by atoms with Gasteiger partial charge in [0, 0.05) is 6.42 Å². The van der Waals surface area contributed by atoms with Crippen molar-refractivity contribution < 1.29 is 39.8 Å². The Balaban J connectivity index is 2.21. The molecule has 1 aliphatic heterocycles. The van der Waals surface area contributed by atoms with Gasteiger partial charge in [0.1, 0.15) is 24.4 Å². The van der Waals surface area contributed by atoms with Gasteiger partial charge in [-0.2, -0.15) is 0 Å². The van der Waals surface area contributed by atoms with Crippen molar-refractivity contribution in [1.82, 2.24) is 5.32 Å². The summed E-state index contributed by atoms with van der Waals surface area (Å²) >= 11 is 0. The molecule has 7 atom stereocenters. The van der Waals surface area contributed by atoms with E-state index in [1.54, 1.807) is 6.08 Å². The topological polar surface area (TPSA) is 149 Å². The Morgan fingerprint density at radius 1 is 0.453 bits per heavy atom. The van der Waals surface area contributed by atoms with Crippen LogP contribution in [0, 0.1) is 0 Å². The molecular formula is C66H121NO8. The third kappa shape index (κ3) is 44.4. The number of carbonyl (C=O) groups excluding carboxylic acids is 1. The van der Waals surface area contributed by atoms with Gasteiger partial charge in [0.05, 0.1) is 25.4 Å². The van der Waals surface area contributed by atoms with Crippen LogP contribution in [0.15, 0.2) is 60.8 Å². The number of unbranched alkanes of at least 4 members (excludes halogenated alkanes) is 37. The van der Waals surface area contributed by atoms with E-state index in [1.165, 1.54) is 225 Å². The Bertz CT molecular complexity index is 1360. The molecule has 1 saturated heterocycles. The molecule has 0 saturated carbocycles. The van der Waals surface area contributed by atoms with Crippen molar-refractivity contribution in [2.24, 2.45) is 0 Å². The van der Waals surface area contributed by atoms with E-state index in [4.69, 9.17) is 9.47 Å². The third-order valence-corrected chi connectivity index (χ3v) is 15.0. The van der Waals surface area contributed by atoms with Crippen LogP contribution in [-0.2, 0) is 14.3 Å². The molecule has 0 aromatic carbocycles. The highest BCUT2D eigenvalue weighted by Crippen LogP contribution is 2.23. The SMILES string of the molecule is CCCCCCCCCCC/C=C\C/C=C\CCCCCCCCCCCCCCCC(=O)NC(COC1OC(CO)C(O)C(O)C1O)C(O)/C=C/CC/C=C/CC/C=C/CCCCCCCCCCCCCCC. The zero-order chi connectivity index (χ0) is 54.3. The fourth-order valence-corrected chi connectivity index (χ4v) is 9.99. The largest absolute Gasteiger partial charge is 0.394 e. The number of nitrogens with one attached hydrogen (secondary N) is 1. The summed E-state index contributed by atoms with van der Waals surface area (Å²) in [5.41, 5.74) is 0. The van der Waals surface area contributed by atoms with Crippen molar-refractivity contribution in [1.29, 1.82) is 0 Å². The van der Waals surface area contributed by atoms with E-state index in [1.807, 2.05) is 6.08 Å². The van der Waals surface area contributed by atoms with Crippen molar-refractivity contribution >= 4 is 5.91 Å². The maximum atomic E-state index is 13.1. The molecule has 0 spiro atoms. The number of hydrogen-bond donors (Lipinski definition) is 6. The highest BCUT2D eigenvalue weighted by Gasteiger charge is 2.44. The summed E-state index contributed by atoms with van der Waals surface area (Å²) in [7, 11) is 0. The molecule has 75 heavy (non-hydrogen) atoms. The van der Waals surface area contributed by atoms with Crippen molar-refractivity contribution in [2.75, 3.05) is 13.2 Å². The molecule has 1 heterocycles. The first-order valence-corrected chi connectivity index (χ1v) is 32.0. The number of rotatable bonds is 55. The minimum absolute atomic E-state index is 0.190. The molecule has 9 heteroatoms. The third-order valence-electron chi connectivity index (χ3n) is 15.0. The van der Waals surface area contributed by atoms with Crippen molar-refractivity contribution in [2.45, 2.75) is 339 Å². The number of aliphatic hydroxyl groups excluding tert-OH is 5. The van der Waals surface area contributed by atoms with E-state index in [9.17, 15) is 30.3 Å². The first-order valence-electron chi connectivity index (χ1n) is 32.0. The van der Waals surface area contributed by atoms with E-state index in [0.29, 0.717) is 6.42 Å². The number of aliphatic hydroxyl groups is 5. The average molecular weight is 1060 g/mol. The monoisotopic (exact) mass is 1060 g/mol. The second-order valence-electron chi connectivity index (χ2n) is 22.2. The van der Waals surface area contributed by atoms with Crippen molar-refractivity contribution in [3.63, 3.8) is 0 Å². The summed E-state index contributed by atoms with van der Waals surface area (Å²) in [6.45, 7) is 3.79. The number of carbonyl (C=O) groups is 1. The number of allylic oxidation sites excluding steroid dienone is 9. The van der Waals surface area contributed by atoms with Gasteiger partial charge in [0.2, 0.25) is 5.91 Å². The van der Waals surface area contributed by atoms with E-state index in [-0.39, 0.29) is 12.5 Å². The van der Waals surface area contributed by atoms with Crippen LogP contribution in [0.25, 0.3) is 0 Å². The van der Waals surface area contributed by atoms with Gasteiger partial charge >= 0.3 is 0 Å². The van der Waals surface area contributed by atoms with E-state index >= 15 is 0 Å². The van der Waals surface area contributed by atoms with Crippen LogP contribution in [0.5, 0.6) is 0 Å². The summed E-state index contributed by atoms with van der Waals surface area (Å²) in [5, 5.41) is 54.6. The zero-order valence-corrected chi connectivity index (χ0v) is 48.8. The van der Waals surface area contributed by atoms with Crippen LogP contribution >= 0.6 is 0 Å². The van der Waals surface area contributed by atoms with Gasteiger partial charge in [-0.05, 0) is 77.0 Å². The van der Waals surface area contributed by atoms with Crippen molar-refractivity contribution in [3.8, 4) is 0 Å². The molecule has 1 amide bonds. The number of amides is 1. The highest BCUT2D eigenvalue weighted by molar-refractivity contribution is 5.76. The first-order chi connectivity index (χ1) is 36.8. The second kappa shape index (κ2) is 55.2. The number of hydrogen-bond acceptors (Lipinski definition) is 8. The smallest absolute Gasteiger partial charge is 0.220 e. The van der Waals surface area contributed by atoms with Crippen LogP contribution in [0.1, 0.15) is 296 Å². The minimum atomic E-state index is -1.58. The Labute approximate surface area is 462 Å². The van der Waals surface area contributed by atoms with Crippen LogP contribution in [0.3, 0.4) is 0 Å². The van der Waals surface area contributed by atoms with Crippen LogP contribution in [0.4, 0.5) is 0 Å². The summed E-state index contributed by atoms with van der Waals surface area (Å²) in [4.78, 5) is 13.1. The average Bonchev–Trinajstić information content (AvgIpc) is 3.41. The van der Waals surface area contributed by atoms with Gasteiger partial charge in [-0.3, -0.25) is 4.79 Å². The lowest BCUT2D eigenvalue weighted by molar-refractivity contribution is -0.302. The lowest BCUT2D eigenvalue weighted by Gasteiger charge is -2.40. The molecule has 0 bridgehead atoms. The maximum Gasteiger partial charge on any atom is 0.220 e. The quantitative estimate of drug-likeness (QED) is 0.0261. The summed E-state index contributed by atoms with van der Waals surface area (Å²) < 4.78 is 11.3. The van der Waals surface area contributed by atoms with Crippen LogP contribution in [-0.4, -0.2) is 87.5 Å². The van der Waals surface area contributed by atoms with E-state index in [2.05, 4.69) is 67.8 Å². The van der Waals surface area contributed by atoms with Gasteiger partial charge in [-0.15, -0.1) is 0 Å². The lowest BCUT2D eigenvalue weighted by Crippen LogP contribution is -2.60. The Morgan fingerprint density at radius 3 is 1.20 bits per heavy atom. The zero-order valence-electron chi connectivity index (χ0n) is 48.8. The summed E-state index contributed by atoms with van der Waals surface area (Å²) in [6.07, 6.45) is 68.8. The molecular weight excluding hydrogens is 935 g/mol. The van der Waals surface area contributed by atoms with Gasteiger partial charge in [-0.1, -0.05) is 274 Å². The molecule has 0 radical (unpaired) electrons. The summed E-state index contributed by atoms with van der Waals surface area (Å²) in [6, 6.07) is -0.832. The Morgan fingerprint density at radius 2 is 0.800 bits per heavy atom. The maximum absolute atomic E-state index is 13.1. The van der Waals surface area contributed by atoms with Gasteiger partial charge in [-0.25, -0.2) is 0 Å². The van der Waals surface area contributed by atoms with Gasteiger partial charge in [0.25, 0.3) is 0 Å². The number of ether oxygens (including phenoxy) is 2. The fraction of sp³-hybridized carbons (Fsp3) is 0.833. The van der Waals surface area contributed by atoms with Gasteiger partial charge < -0.3 is 40.3 Å². The lowest BCUT2D eigenvalue weighted by atomic mass is 9.99. The Kier molecular flexibility index (Phi) is 52.2. The summed E-state index contributed by atoms with van der Waals surface area (Å²) in [5.74, 6) is -0.190.